The molecule has 1 fully saturated rings. The maximum Gasteiger partial charge on any atom is 0.317 e. The van der Waals surface area contributed by atoms with Gasteiger partial charge in [-0.1, -0.05) is 0 Å². The Hall–Kier alpha value is -2.77. The molecule has 0 radical (unpaired) electrons. The summed E-state index contributed by atoms with van der Waals surface area (Å²) in [5, 5.41) is 14.2. The van der Waals surface area contributed by atoms with Crippen molar-refractivity contribution in [1.29, 1.82) is 0 Å². The van der Waals surface area contributed by atoms with Crippen molar-refractivity contribution in [2.24, 2.45) is 5.92 Å². The first-order valence-electron chi connectivity index (χ1n) is 8.28. The second-order valence-electron chi connectivity index (χ2n) is 5.79. The number of amides is 3. The average molecular weight is 349 g/mol. The molecule has 3 amide bonds. The van der Waals surface area contributed by atoms with Gasteiger partial charge in [-0.2, -0.15) is 0 Å². The molecule has 0 bridgehead atoms. The summed E-state index contributed by atoms with van der Waals surface area (Å²) >= 11 is 0. The highest BCUT2D eigenvalue weighted by molar-refractivity contribution is 5.94. The number of carbonyl (C=O) groups excluding carboxylic acids is 2. The van der Waals surface area contributed by atoms with Gasteiger partial charge in [-0.3, -0.25) is 9.59 Å². The zero-order chi connectivity index (χ0) is 18.2. The highest BCUT2D eigenvalue weighted by atomic mass is 16.5. The molecule has 1 aliphatic rings. The number of likely N-dealkylation sites (tertiary alicyclic amines) is 1. The summed E-state index contributed by atoms with van der Waals surface area (Å²) in [6, 6.07) is 6.50. The van der Waals surface area contributed by atoms with Gasteiger partial charge >= 0.3 is 12.0 Å². The number of aliphatic carboxylic acids is 1. The first-order valence-corrected chi connectivity index (χ1v) is 8.28. The van der Waals surface area contributed by atoms with Crippen molar-refractivity contribution in [1.82, 2.24) is 10.2 Å². The third kappa shape index (κ3) is 5.66. The monoisotopic (exact) mass is 349 g/mol. The number of carboxylic acids is 1. The van der Waals surface area contributed by atoms with Crippen LogP contribution in [0, 0.1) is 5.92 Å². The molecule has 3 N–H and O–H groups in total. The third-order valence-electron chi connectivity index (χ3n) is 3.91. The van der Waals surface area contributed by atoms with Gasteiger partial charge in [0.1, 0.15) is 5.75 Å². The number of nitrogens with zero attached hydrogens (tertiary/aromatic N) is 1. The Labute approximate surface area is 146 Å². The van der Waals surface area contributed by atoms with Crippen LogP contribution < -0.4 is 15.4 Å². The van der Waals surface area contributed by atoms with Gasteiger partial charge in [0.2, 0.25) is 5.91 Å². The van der Waals surface area contributed by atoms with Gasteiger partial charge in [-0.15, -0.1) is 0 Å². The number of carbonyl (C=O) groups is 3. The van der Waals surface area contributed by atoms with E-state index in [0.29, 0.717) is 37.4 Å². The van der Waals surface area contributed by atoms with E-state index in [9.17, 15) is 14.4 Å². The van der Waals surface area contributed by atoms with Crippen molar-refractivity contribution < 1.29 is 24.2 Å². The number of benzene rings is 1. The molecule has 1 aromatic rings. The van der Waals surface area contributed by atoms with E-state index in [1.54, 1.807) is 24.3 Å². The number of hydrogen-bond acceptors (Lipinski definition) is 4. The largest absolute Gasteiger partial charge is 0.494 e. The predicted octanol–water partition coefficient (Wildman–Crippen LogP) is 1.53. The minimum absolute atomic E-state index is 0.168. The molecule has 1 heterocycles. The lowest BCUT2D eigenvalue weighted by Gasteiger charge is -2.30. The number of nitrogens with one attached hydrogen (secondary N) is 2. The van der Waals surface area contributed by atoms with Crippen molar-refractivity contribution in [2.45, 2.75) is 19.8 Å². The van der Waals surface area contributed by atoms with Gasteiger partial charge < -0.3 is 25.4 Å². The summed E-state index contributed by atoms with van der Waals surface area (Å²) in [6.07, 6.45) is 1.21. The Kier molecular flexibility index (Phi) is 6.62. The van der Waals surface area contributed by atoms with E-state index in [1.807, 2.05) is 6.92 Å². The second-order valence-corrected chi connectivity index (χ2v) is 5.79. The van der Waals surface area contributed by atoms with Crippen LogP contribution in [-0.2, 0) is 9.59 Å². The lowest BCUT2D eigenvalue weighted by atomic mass is 9.99. The molecule has 1 aromatic carbocycles. The average Bonchev–Trinajstić information content (AvgIpc) is 2.61. The molecule has 8 nitrogen and oxygen atoms in total. The summed E-state index contributed by atoms with van der Waals surface area (Å²) in [6.45, 7) is 2.94. The molecule has 2 rings (SSSR count). The van der Waals surface area contributed by atoms with Gasteiger partial charge in [0.05, 0.1) is 19.1 Å². The van der Waals surface area contributed by atoms with Crippen LogP contribution in [0.1, 0.15) is 19.8 Å². The van der Waals surface area contributed by atoms with Crippen LogP contribution in [0.2, 0.25) is 0 Å². The highest BCUT2D eigenvalue weighted by Gasteiger charge is 2.28. The van der Waals surface area contributed by atoms with Crippen molar-refractivity contribution in [3.05, 3.63) is 24.3 Å². The van der Waals surface area contributed by atoms with Crippen LogP contribution in [0.15, 0.2) is 24.3 Å². The molecule has 136 valence electrons. The van der Waals surface area contributed by atoms with Gasteiger partial charge in [0, 0.05) is 18.8 Å². The maximum atomic E-state index is 12.1. The van der Waals surface area contributed by atoms with E-state index >= 15 is 0 Å². The molecule has 1 atom stereocenters. The summed E-state index contributed by atoms with van der Waals surface area (Å²) in [5.74, 6) is -1.08. The zero-order valence-corrected chi connectivity index (χ0v) is 14.2. The molecule has 1 saturated heterocycles. The number of anilines is 1. The van der Waals surface area contributed by atoms with E-state index in [4.69, 9.17) is 9.84 Å². The molecule has 1 unspecified atom stereocenters. The minimum atomic E-state index is -0.897. The van der Waals surface area contributed by atoms with Crippen LogP contribution in [0.4, 0.5) is 10.5 Å². The van der Waals surface area contributed by atoms with E-state index in [0.717, 1.165) is 0 Å². The topological polar surface area (TPSA) is 108 Å². The Balaban J connectivity index is 1.77. The molecule has 0 saturated carbocycles. The Morgan fingerprint density at radius 3 is 2.64 bits per heavy atom. The fourth-order valence-corrected chi connectivity index (χ4v) is 2.64. The maximum absolute atomic E-state index is 12.1. The number of piperidine rings is 1. The lowest BCUT2D eigenvalue weighted by molar-refractivity contribution is -0.143. The van der Waals surface area contributed by atoms with Gasteiger partial charge in [0.15, 0.2) is 0 Å². The van der Waals surface area contributed by atoms with Gasteiger partial charge in [0.25, 0.3) is 0 Å². The number of hydrogen-bond donors (Lipinski definition) is 3. The number of carboxylic acid groups (broad SMARTS) is 1. The summed E-state index contributed by atoms with van der Waals surface area (Å²) in [7, 11) is 0. The number of ether oxygens (including phenoxy) is 1. The van der Waals surface area contributed by atoms with Crippen LogP contribution in [0.25, 0.3) is 0 Å². The van der Waals surface area contributed by atoms with E-state index < -0.39 is 17.9 Å². The standard InChI is InChI=1S/C17H23N3O5/c1-2-25-14-7-5-13(6-8-14)19-15(21)10-18-17(24)20-9-3-4-12(11-20)16(22)23/h5-8,12H,2-4,9-11H2,1H3,(H,18,24)(H,19,21)(H,22,23). The molecule has 0 aromatic heterocycles. The molecule has 0 spiro atoms. The lowest BCUT2D eigenvalue weighted by Crippen LogP contribution is -2.48. The first-order chi connectivity index (χ1) is 12.0. The van der Waals surface area contributed by atoms with E-state index in [2.05, 4.69) is 10.6 Å². The third-order valence-corrected chi connectivity index (χ3v) is 3.91. The Morgan fingerprint density at radius 2 is 2.00 bits per heavy atom. The van der Waals surface area contributed by atoms with Crippen molar-refractivity contribution in [3.63, 3.8) is 0 Å². The summed E-state index contributed by atoms with van der Waals surface area (Å²) in [5.41, 5.74) is 0.603. The molecular formula is C17H23N3O5. The van der Waals surface area contributed by atoms with E-state index in [1.165, 1.54) is 4.90 Å². The van der Waals surface area contributed by atoms with Crippen molar-refractivity contribution in [2.75, 3.05) is 31.6 Å². The molecule has 25 heavy (non-hydrogen) atoms. The zero-order valence-electron chi connectivity index (χ0n) is 14.2. The van der Waals surface area contributed by atoms with Gasteiger partial charge in [-0.25, -0.2) is 4.79 Å². The number of urea groups is 1. The molecular weight excluding hydrogens is 326 g/mol. The molecule has 0 aliphatic carbocycles. The minimum Gasteiger partial charge on any atom is -0.494 e. The number of rotatable bonds is 6. The fraction of sp³-hybridized carbons (Fsp3) is 0.471. The molecule has 8 heteroatoms. The quantitative estimate of drug-likeness (QED) is 0.722. The Morgan fingerprint density at radius 1 is 1.28 bits per heavy atom. The molecule has 1 aliphatic heterocycles. The normalized spacial score (nSPS) is 16.8. The fourth-order valence-electron chi connectivity index (χ4n) is 2.64. The van der Waals surface area contributed by atoms with Crippen LogP contribution >= 0.6 is 0 Å². The Bertz CT molecular complexity index is 617. The summed E-state index contributed by atoms with van der Waals surface area (Å²) in [4.78, 5) is 36.4. The van der Waals surface area contributed by atoms with Crippen LogP contribution in [0.3, 0.4) is 0 Å². The van der Waals surface area contributed by atoms with Crippen LogP contribution in [-0.4, -0.2) is 54.2 Å². The van der Waals surface area contributed by atoms with Crippen molar-refractivity contribution >= 4 is 23.6 Å². The van der Waals surface area contributed by atoms with E-state index in [-0.39, 0.29) is 19.0 Å². The first kappa shape index (κ1) is 18.6. The van der Waals surface area contributed by atoms with Gasteiger partial charge in [-0.05, 0) is 44.0 Å². The summed E-state index contributed by atoms with van der Waals surface area (Å²) < 4.78 is 5.32. The predicted molar refractivity (Wildman–Crippen MR) is 91.6 cm³/mol. The smallest absolute Gasteiger partial charge is 0.317 e. The SMILES string of the molecule is CCOc1ccc(NC(=O)CNC(=O)N2CCCC(C(=O)O)C2)cc1. The van der Waals surface area contributed by atoms with Crippen LogP contribution in [0.5, 0.6) is 5.75 Å². The van der Waals surface area contributed by atoms with Crippen molar-refractivity contribution in [3.8, 4) is 5.75 Å². The second kappa shape index (κ2) is 8.91. The highest BCUT2D eigenvalue weighted by Crippen LogP contribution is 2.17.